The molecular weight excluding hydrogens is 267 g/mol. The molecule has 0 radical (unpaired) electrons. The summed E-state index contributed by atoms with van der Waals surface area (Å²) in [5.41, 5.74) is 4.28. The van der Waals surface area contributed by atoms with Crippen LogP contribution in [0, 0.1) is 11.8 Å². The molecule has 0 spiro atoms. The molecule has 20 heavy (non-hydrogen) atoms. The quantitative estimate of drug-likeness (QED) is 0.813. The molecule has 1 aliphatic carbocycles. The predicted molar refractivity (Wildman–Crippen MR) is 72.5 cm³/mol. The van der Waals surface area contributed by atoms with Gasteiger partial charge in [-0.15, -0.1) is 0 Å². The first kappa shape index (κ1) is 15.0. The molecule has 0 aliphatic heterocycles. The number of nitrogen functional groups attached to an aromatic ring is 1. The van der Waals surface area contributed by atoms with E-state index in [2.05, 4.69) is 13.8 Å². The van der Waals surface area contributed by atoms with E-state index in [1.165, 1.54) is 12.1 Å². The molecule has 0 bridgehead atoms. The fraction of sp³-hybridized carbons (Fsp3) is 0.600. The van der Waals surface area contributed by atoms with Gasteiger partial charge in [-0.2, -0.15) is 13.2 Å². The molecule has 0 aromatic heterocycles. The van der Waals surface area contributed by atoms with Crippen molar-refractivity contribution in [1.29, 1.82) is 0 Å². The normalized spacial score (nSPS) is 27.4. The minimum Gasteiger partial charge on any atom is -0.490 e. The summed E-state index contributed by atoms with van der Waals surface area (Å²) in [5, 5.41) is 0. The Morgan fingerprint density at radius 3 is 2.25 bits per heavy atom. The van der Waals surface area contributed by atoms with Crippen LogP contribution in [0.2, 0.25) is 0 Å². The maximum absolute atomic E-state index is 12.8. The minimum atomic E-state index is -4.45. The Kier molecular flexibility index (Phi) is 4.16. The number of benzene rings is 1. The van der Waals surface area contributed by atoms with Gasteiger partial charge in [0.15, 0.2) is 0 Å². The number of nitrogens with two attached hydrogens (primary N) is 1. The summed E-state index contributed by atoms with van der Waals surface area (Å²) in [4.78, 5) is 0. The topological polar surface area (TPSA) is 35.2 Å². The van der Waals surface area contributed by atoms with Crippen LogP contribution >= 0.6 is 0 Å². The first-order valence-corrected chi connectivity index (χ1v) is 6.89. The molecule has 2 atom stereocenters. The molecule has 2 N–H and O–H groups in total. The SMILES string of the molecule is CC1CC(C)CC(Oc2ccc(N)c(C(F)(F)F)c2)C1. The molecule has 1 aliphatic rings. The smallest absolute Gasteiger partial charge is 0.418 e. The average molecular weight is 287 g/mol. The highest BCUT2D eigenvalue weighted by molar-refractivity contribution is 5.52. The Hall–Kier alpha value is -1.39. The lowest BCUT2D eigenvalue weighted by Gasteiger charge is -2.31. The predicted octanol–water partition coefficient (Wildman–Crippen LogP) is 4.49. The Balaban J connectivity index is 2.14. The van der Waals surface area contributed by atoms with Gasteiger partial charge in [0, 0.05) is 5.69 Å². The highest BCUT2D eigenvalue weighted by Crippen LogP contribution is 2.37. The molecular formula is C15H20F3NO. The van der Waals surface area contributed by atoms with Crippen molar-refractivity contribution in [2.45, 2.75) is 45.4 Å². The zero-order valence-corrected chi connectivity index (χ0v) is 11.7. The molecule has 2 rings (SSSR count). The molecule has 2 unspecified atom stereocenters. The van der Waals surface area contributed by atoms with Crippen LogP contribution in [0.25, 0.3) is 0 Å². The van der Waals surface area contributed by atoms with Crippen molar-refractivity contribution in [2.75, 3.05) is 5.73 Å². The van der Waals surface area contributed by atoms with Crippen molar-refractivity contribution in [1.82, 2.24) is 0 Å². The van der Waals surface area contributed by atoms with Crippen LogP contribution in [0.15, 0.2) is 18.2 Å². The van der Waals surface area contributed by atoms with E-state index in [4.69, 9.17) is 10.5 Å². The number of ether oxygens (including phenoxy) is 1. The number of alkyl halides is 3. The van der Waals surface area contributed by atoms with Crippen LogP contribution < -0.4 is 10.5 Å². The van der Waals surface area contributed by atoms with Crippen molar-refractivity contribution >= 4 is 5.69 Å². The minimum absolute atomic E-state index is 0.0153. The van der Waals surface area contributed by atoms with Crippen molar-refractivity contribution in [3.05, 3.63) is 23.8 Å². The third-order valence-electron chi connectivity index (χ3n) is 3.77. The maximum atomic E-state index is 12.8. The van der Waals surface area contributed by atoms with Crippen molar-refractivity contribution in [3.63, 3.8) is 0 Å². The first-order valence-electron chi connectivity index (χ1n) is 6.89. The second kappa shape index (κ2) is 5.54. The summed E-state index contributed by atoms with van der Waals surface area (Å²) in [6.45, 7) is 4.30. The summed E-state index contributed by atoms with van der Waals surface area (Å²) >= 11 is 0. The molecule has 1 aromatic rings. The lowest BCUT2D eigenvalue weighted by atomic mass is 9.82. The molecule has 2 nitrogen and oxygen atoms in total. The van der Waals surface area contributed by atoms with Gasteiger partial charge in [-0.25, -0.2) is 0 Å². The fourth-order valence-corrected chi connectivity index (χ4v) is 3.02. The molecule has 0 amide bonds. The van der Waals surface area contributed by atoms with Gasteiger partial charge in [0.2, 0.25) is 0 Å². The van der Waals surface area contributed by atoms with Gasteiger partial charge in [0.1, 0.15) is 5.75 Å². The van der Waals surface area contributed by atoms with Gasteiger partial charge in [0.05, 0.1) is 11.7 Å². The van der Waals surface area contributed by atoms with Gasteiger partial charge >= 0.3 is 6.18 Å². The van der Waals surface area contributed by atoms with E-state index in [0.29, 0.717) is 11.8 Å². The fourth-order valence-electron chi connectivity index (χ4n) is 3.02. The summed E-state index contributed by atoms with van der Waals surface area (Å²) in [7, 11) is 0. The number of hydrogen-bond acceptors (Lipinski definition) is 2. The molecule has 112 valence electrons. The third kappa shape index (κ3) is 3.58. The maximum Gasteiger partial charge on any atom is 0.418 e. The third-order valence-corrected chi connectivity index (χ3v) is 3.77. The highest BCUT2D eigenvalue weighted by Gasteiger charge is 2.34. The van der Waals surface area contributed by atoms with E-state index in [9.17, 15) is 13.2 Å². The Bertz CT molecular complexity index is 463. The van der Waals surface area contributed by atoms with Crippen LogP contribution in [-0.2, 0) is 6.18 Å². The number of anilines is 1. The van der Waals surface area contributed by atoms with Crippen molar-refractivity contribution < 1.29 is 17.9 Å². The van der Waals surface area contributed by atoms with Crippen LogP contribution in [-0.4, -0.2) is 6.10 Å². The Labute approximate surface area is 117 Å². The van der Waals surface area contributed by atoms with Gasteiger partial charge in [-0.3, -0.25) is 0 Å². The van der Waals surface area contributed by atoms with E-state index in [-0.39, 0.29) is 17.5 Å². The summed E-state index contributed by atoms with van der Waals surface area (Å²) in [6.07, 6.45) is -1.54. The molecule has 1 aromatic carbocycles. The molecule has 0 saturated heterocycles. The van der Waals surface area contributed by atoms with Crippen LogP contribution in [0.4, 0.5) is 18.9 Å². The zero-order chi connectivity index (χ0) is 14.9. The lowest BCUT2D eigenvalue weighted by molar-refractivity contribution is -0.137. The standard InChI is InChI=1S/C15H20F3NO/c1-9-5-10(2)7-12(6-9)20-11-3-4-14(19)13(8-11)15(16,17)18/h3-4,8-10,12H,5-7,19H2,1-2H3. The highest BCUT2D eigenvalue weighted by atomic mass is 19.4. The van der Waals surface area contributed by atoms with Crippen LogP contribution in [0.1, 0.15) is 38.7 Å². The van der Waals surface area contributed by atoms with Crippen LogP contribution in [0.3, 0.4) is 0 Å². The molecule has 5 heteroatoms. The number of halogens is 3. The van der Waals surface area contributed by atoms with E-state index >= 15 is 0 Å². The number of hydrogen-bond donors (Lipinski definition) is 1. The van der Waals surface area contributed by atoms with Crippen molar-refractivity contribution in [3.8, 4) is 5.75 Å². The second-order valence-electron chi connectivity index (χ2n) is 5.90. The van der Waals surface area contributed by atoms with Crippen molar-refractivity contribution in [2.24, 2.45) is 11.8 Å². The summed E-state index contributed by atoms with van der Waals surface area (Å²) < 4.78 is 44.1. The summed E-state index contributed by atoms with van der Waals surface area (Å²) in [5.74, 6) is 1.33. The van der Waals surface area contributed by atoms with E-state index in [0.717, 1.165) is 25.3 Å². The Morgan fingerprint density at radius 1 is 1.10 bits per heavy atom. The molecule has 1 saturated carbocycles. The van der Waals surface area contributed by atoms with Gasteiger partial charge < -0.3 is 10.5 Å². The first-order chi connectivity index (χ1) is 9.25. The van der Waals surface area contributed by atoms with E-state index in [1.807, 2.05) is 0 Å². The van der Waals surface area contributed by atoms with E-state index in [1.54, 1.807) is 0 Å². The molecule has 0 heterocycles. The Morgan fingerprint density at radius 2 is 1.70 bits per heavy atom. The van der Waals surface area contributed by atoms with Gasteiger partial charge in [-0.1, -0.05) is 13.8 Å². The van der Waals surface area contributed by atoms with Gasteiger partial charge in [0.25, 0.3) is 0 Å². The molecule has 1 fully saturated rings. The zero-order valence-electron chi connectivity index (χ0n) is 11.7. The average Bonchev–Trinajstić information content (AvgIpc) is 2.29. The summed E-state index contributed by atoms with van der Waals surface area (Å²) in [6, 6.07) is 3.77. The second-order valence-corrected chi connectivity index (χ2v) is 5.90. The van der Waals surface area contributed by atoms with E-state index < -0.39 is 11.7 Å². The van der Waals surface area contributed by atoms with Gasteiger partial charge in [-0.05, 0) is 49.3 Å². The monoisotopic (exact) mass is 287 g/mol. The lowest BCUT2D eigenvalue weighted by Crippen LogP contribution is -2.28. The largest absolute Gasteiger partial charge is 0.490 e. The van der Waals surface area contributed by atoms with Crippen LogP contribution in [0.5, 0.6) is 5.75 Å². The number of rotatable bonds is 2.